The maximum absolute atomic E-state index is 12.8. The van der Waals surface area contributed by atoms with Crippen molar-refractivity contribution in [3.8, 4) is 0 Å². The highest BCUT2D eigenvalue weighted by Crippen LogP contribution is 2.52. The molecule has 1 saturated heterocycles. The molecule has 2 heterocycles. The molecule has 6 nitrogen and oxygen atoms in total. The summed E-state index contributed by atoms with van der Waals surface area (Å²) in [5, 5.41) is 2.98. The monoisotopic (exact) mass is 419 g/mol. The number of hydrogen-bond donors (Lipinski definition) is 1. The van der Waals surface area contributed by atoms with Gasteiger partial charge in [0.25, 0.3) is 5.91 Å². The van der Waals surface area contributed by atoms with Crippen LogP contribution >= 0.6 is 15.9 Å². The molecule has 1 atom stereocenters. The number of likely N-dealkylation sites (tertiary alicyclic amines) is 1. The van der Waals surface area contributed by atoms with Crippen LogP contribution in [0.5, 0.6) is 0 Å². The van der Waals surface area contributed by atoms with Gasteiger partial charge in [-0.3, -0.25) is 14.4 Å². The zero-order valence-electron chi connectivity index (χ0n) is 14.8. The lowest BCUT2D eigenvalue weighted by Gasteiger charge is -2.35. The average molecular weight is 420 g/mol. The van der Waals surface area contributed by atoms with Gasteiger partial charge in [-0.05, 0) is 43.0 Å². The number of fused-ring (bicyclic) bond motifs is 2. The molecule has 26 heavy (non-hydrogen) atoms. The van der Waals surface area contributed by atoms with Crippen LogP contribution in [0.1, 0.15) is 41.6 Å². The number of carbonyl (C=O) groups excluding carboxylic acids is 3. The van der Waals surface area contributed by atoms with Gasteiger partial charge >= 0.3 is 0 Å². The average Bonchev–Trinajstić information content (AvgIpc) is 3.36. The summed E-state index contributed by atoms with van der Waals surface area (Å²) in [6, 6.07) is 5.74. The SMILES string of the molecule is CN1C[C@@H](NC(=O)CN2CC3(CC3)c3cc(Br)ccc3C2=O)CCC1=O. The molecule has 0 radical (unpaired) electrons. The Morgan fingerprint density at radius 1 is 1.35 bits per heavy atom. The maximum atomic E-state index is 12.8. The lowest BCUT2D eigenvalue weighted by molar-refractivity contribution is -0.134. The number of nitrogens with zero attached hydrogens (tertiary/aromatic N) is 2. The third-order valence-corrected chi connectivity index (χ3v) is 6.24. The molecule has 2 fully saturated rings. The van der Waals surface area contributed by atoms with Crippen molar-refractivity contribution in [3.05, 3.63) is 33.8 Å². The molecule has 2 aliphatic heterocycles. The minimum atomic E-state index is -0.150. The molecule has 138 valence electrons. The highest BCUT2D eigenvalue weighted by molar-refractivity contribution is 9.10. The number of rotatable bonds is 3. The molecule has 4 rings (SSSR count). The van der Waals surface area contributed by atoms with Crippen LogP contribution in [0.3, 0.4) is 0 Å². The number of amides is 3. The number of nitrogens with one attached hydrogen (secondary N) is 1. The second-order valence-corrected chi connectivity index (χ2v) is 8.62. The van der Waals surface area contributed by atoms with Gasteiger partial charge in [-0.2, -0.15) is 0 Å². The molecule has 7 heteroatoms. The minimum Gasteiger partial charge on any atom is -0.350 e. The maximum Gasteiger partial charge on any atom is 0.254 e. The van der Waals surface area contributed by atoms with Gasteiger partial charge in [0.2, 0.25) is 11.8 Å². The van der Waals surface area contributed by atoms with E-state index in [0.29, 0.717) is 31.5 Å². The standard InChI is InChI=1S/C19H22BrN3O3/c1-22-9-13(3-5-17(22)25)21-16(24)10-23-11-19(6-7-19)15-8-12(20)2-4-14(15)18(23)26/h2,4,8,13H,3,5-7,9-11H2,1H3,(H,21,24)/t13-/m0/s1. The van der Waals surface area contributed by atoms with Crippen LogP contribution in [0.15, 0.2) is 22.7 Å². The first-order valence-electron chi connectivity index (χ1n) is 9.01. The fraction of sp³-hybridized carbons (Fsp3) is 0.526. The number of hydrogen-bond acceptors (Lipinski definition) is 3. The molecule has 3 amide bonds. The second-order valence-electron chi connectivity index (χ2n) is 7.71. The van der Waals surface area contributed by atoms with E-state index in [1.165, 1.54) is 0 Å². The molecule has 0 bridgehead atoms. The van der Waals surface area contributed by atoms with E-state index in [-0.39, 0.29) is 35.7 Å². The van der Waals surface area contributed by atoms with Crippen LogP contribution in [-0.4, -0.2) is 60.2 Å². The number of carbonyl (C=O) groups is 3. The largest absolute Gasteiger partial charge is 0.350 e. The normalized spacial score (nSPS) is 23.8. The van der Waals surface area contributed by atoms with Gasteiger partial charge < -0.3 is 15.1 Å². The number of halogens is 1. The molecule has 0 unspecified atom stereocenters. The highest BCUT2D eigenvalue weighted by Gasteiger charge is 2.51. The number of likely N-dealkylation sites (N-methyl/N-ethyl adjacent to an activating group) is 1. The lowest BCUT2D eigenvalue weighted by Crippen LogP contribution is -2.52. The van der Waals surface area contributed by atoms with Crippen molar-refractivity contribution in [2.75, 3.05) is 26.7 Å². The van der Waals surface area contributed by atoms with Gasteiger partial charge in [-0.15, -0.1) is 0 Å². The van der Waals surface area contributed by atoms with Crippen LogP contribution in [0.25, 0.3) is 0 Å². The quantitative estimate of drug-likeness (QED) is 0.809. The van der Waals surface area contributed by atoms with Crippen molar-refractivity contribution in [1.29, 1.82) is 0 Å². The molecule has 1 spiro atoms. The first-order chi connectivity index (χ1) is 12.4. The van der Waals surface area contributed by atoms with E-state index in [2.05, 4.69) is 21.2 Å². The summed E-state index contributed by atoms with van der Waals surface area (Å²) in [7, 11) is 1.75. The van der Waals surface area contributed by atoms with Crippen molar-refractivity contribution in [3.63, 3.8) is 0 Å². The van der Waals surface area contributed by atoms with E-state index >= 15 is 0 Å². The van der Waals surface area contributed by atoms with Gasteiger partial charge in [0, 0.05) is 48.1 Å². The highest BCUT2D eigenvalue weighted by atomic mass is 79.9. The van der Waals surface area contributed by atoms with Crippen LogP contribution in [0.2, 0.25) is 0 Å². The van der Waals surface area contributed by atoms with Crippen molar-refractivity contribution < 1.29 is 14.4 Å². The molecular weight excluding hydrogens is 398 g/mol. The van der Waals surface area contributed by atoms with Gasteiger partial charge in [-0.25, -0.2) is 0 Å². The predicted molar refractivity (Wildman–Crippen MR) is 99.8 cm³/mol. The Balaban J connectivity index is 1.44. The summed E-state index contributed by atoms with van der Waals surface area (Å²) in [5.41, 5.74) is 1.85. The van der Waals surface area contributed by atoms with E-state index < -0.39 is 0 Å². The summed E-state index contributed by atoms with van der Waals surface area (Å²) < 4.78 is 0.984. The fourth-order valence-corrected chi connectivity index (χ4v) is 4.48. The zero-order valence-corrected chi connectivity index (χ0v) is 16.3. The summed E-state index contributed by atoms with van der Waals surface area (Å²) in [6.07, 6.45) is 3.22. The van der Waals surface area contributed by atoms with E-state index in [0.717, 1.165) is 22.9 Å². The van der Waals surface area contributed by atoms with Gasteiger partial charge in [0.15, 0.2) is 0 Å². The van der Waals surface area contributed by atoms with E-state index in [1.54, 1.807) is 16.8 Å². The second kappa shape index (κ2) is 6.37. The smallest absolute Gasteiger partial charge is 0.254 e. The van der Waals surface area contributed by atoms with Crippen molar-refractivity contribution in [2.24, 2.45) is 0 Å². The van der Waals surface area contributed by atoms with Crippen LogP contribution in [0, 0.1) is 0 Å². The first-order valence-corrected chi connectivity index (χ1v) is 9.80. The topological polar surface area (TPSA) is 69.7 Å². The molecule has 1 N–H and O–H groups in total. The summed E-state index contributed by atoms with van der Waals surface area (Å²) in [5.74, 6) is -0.112. The Bertz CT molecular complexity index is 790. The van der Waals surface area contributed by atoms with Gasteiger partial charge in [-0.1, -0.05) is 15.9 Å². The number of piperidine rings is 1. The number of benzene rings is 1. The third-order valence-electron chi connectivity index (χ3n) is 5.74. The molecule has 1 aliphatic carbocycles. The molecule has 1 aromatic rings. The summed E-state index contributed by atoms with van der Waals surface area (Å²) in [4.78, 5) is 40.2. The van der Waals surface area contributed by atoms with E-state index in [4.69, 9.17) is 0 Å². The fourth-order valence-electron chi connectivity index (χ4n) is 4.12. The van der Waals surface area contributed by atoms with Crippen molar-refractivity contribution in [1.82, 2.24) is 15.1 Å². The van der Waals surface area contributed by atoms with Crippen LogP contribution in [-0.2, 0) is 15.0 Å². The van der Waals surface area contributed by atoms with E-state index in [1.807, 2.05) is 18.2 Å². The Labute approximate surface area is 161 Å². The van der Waals surface area contributed by atoms with E-state index in [9.17, 15) is 14.4 Å². The van der Waals surface area contributed by atoms with Crippen LogP contribution < -0.4 is 5.32 Å². The Kier molecular flexibility index (Phi) is 4.29. The Hall–Kier alpha value is -1.89. The van der Waals surface area contributed by atoms with Gasteiger partial charge in [0.1, 0.15) is 0 Å². The first kappa shape index (κ1) is 17.5. The predicted octanol–water partition coefficient (Wildman–Crippen LogP) is 1.67. The lowest BCUT2D eigenvalue weighted by atomic mass is 9.86. The molecule has 1 aromatic carbocycles. The third kappa shape index (κ3) is 3.13. The molecule has 3 aliphatic rings. The van der Waals surface area contributed by atoms with Crippen molar-refractivity contribution in [2.45, 2.75) is 37.1 Å². The van der Waals surface area contributed by atoms with Crippen LogP contribution in [0.4, 0.5) is 0 Å². The van der Waals surface area contributed by atoms with Gasteiger partial charge in [0.05, 0.1) is 6.54 Å². The Morgan fingerprint density at radius 2 is 2.12 bits per heavy atom. The molecule has 0 aromatic heterocycles. The Morgan fingerprint density at radius 3 is 2.81 bits per heavy atom. The zero-order chi connectivity index (χ0) is 18.5. The minimum absolute atomic E-state index is 0.0186. The van der Waals surface area contributed by atoms with Crippen molar-refractivity contribution >= 4 is 33.7 Å². The molecule has 1 saturated carbocycles. The summed E-state index contributed by atoms with van der Waals surface area (Å²) in [6.45, 7) is 1.20. The molecular formula is C19H22BrN3O3. The summed E-state index contributed by atoms with van der Waals surface area (Å²) >= 11 is 3.49.